The zero-order valence-corrected chi connectivity index (χ0v) is 54.2. The van der Waals surface area contributed by atoms with E-state index < -0.39 is 0 Å². The quantitative estimate of drug-likeness (QED) is 0.130. The molecule has 0 bridgehead atoms. The molecule has 0 fully saturated rings. The van der Waals surface area contributed by atoms with Gasteiger partial charge in [0, 0.05) is 43.4 Å². The summed E-state index contributed by atoms with van der Waals surface area (Å²) in [6.07, 6.45) is 0. The number of para-hydroxylation sites is 2. The third kappa shape index (κ3) is 10.00. The van der Waals surface area contributed by atoms with Crippen LogP contribution in [-0.4, -0.2) is 28.7 Å². The molecule has 4 aromatic heterocycles. The topological polar surface area (TPSA) is 53.5 Å². The van der Waals surface area contributed by atoms with E-state index in [1.807, 2.05) is 0 Å². The fourth-order valence-corrected chi connectivity index (χ4v) is 14.8. The predicted molar refractivity (Wildman–Crippen MR) is 405 cm³/mol. The number of hydrogen-bond acceptors (Lipinski definition) is 3. The van der Waals surface area contributed by atoms with E-state index in [0.717, 1.165) is 133 Å². The van der Waals surface area contributed by atoms with Crippen molar-refractivity contribution in [1.82, 2.24) is 28.7 Å². The molecule has 0 saturated heterocycles. The minimum absolute atomic E-state index is 0.502. The van der Waals surface area contributed by atoms with Gasteiger partial charge in [-0.25, -0.2) is 4.98 Å². The fraction of sp³-hybridized carbons (Fsp3) is 0.0440. The van der Waals surface area contributed by atoms with Crippen LogP contribution in [-0.2, 0) is 0 Å². The second kappa shape index (κ2) is 23.2. The van der Waals surface area contributed by atoms with Crippen molar-refractivity contribution in [1.29, 1.82) is 0 Å². The zero-order chi connectivity index (χ0) is 64.8. The minimum Gasteiger partial charge on any atom is -0.309 e. The van der Waals surface area contributed by atoms with Crippen LogP contribution in [0.3, 0.4) is 0 Å². The second-order valence-corrected chi connectivity index (χ2v) is 25.9. The summed E-state index contributed by atoms with van der Waals surface area (Å²) in [6, 6.07) is 115. The van der Waals surface area contributed by atoms with Crippen molar-refractivity contribution in [2.75, 3.05) is 0 Å². The number of benzene rings is 14. The maximum atomic E-state index is 5.80. The van der Waals surface area contributed by atoms with Crippen molar-refractivity contribution in [2.45, 2.75) is 27.7 Å². The second-order valence-electron chi connectivity index (χ2n) is 25.9. The molecule has 0 N–H and O–H groups in total. The van der Waals surface area contributed by atoms with Gasteiger partial charge in [0.1, 0.15) is 0 Å². The summed E-state index contributed by atoms with van der Waals surface area (Å²) in [4.78, 5) is 17.3. The number of rotatable bonds is 11. The van der Waals surface area contributed by atoms with Gasteiger partial charge < -0.3 is 9.13 Å². The number of nitrogens with zero attached hydrogens (tertiary/aromatic N) is 6. The molecule has 4 heterocycles. The fourth-order valence-electron chi connectivity index (χ4n) is 14.8. The van der Waals surface area contributed by atoms with Gasteiger partial charge in [0.2, 0.25) is 5.95 Å². The van der Waals surface area contributed by atoms with Crippen LogP contribution < -0.4 is 0 Å². The largest absolute Gasteiger partial charge is 0.309 e. The standard InChI is InChI=1S/C91H64N6/c1-57-33-39-83-75(45-57)76-46-58(2)34-40-84(76)95(83)81-31-19-17-29-73(81)89-92-90(74-30-18-20-32-82(74)96-85-41-35-59(3)47-77(85)78-48-60(4)36-42-86(78)96)94-91(93-89)97-87-43-37-65(71-51-67(61-21-9-5-10-22-61)49-68(52-71)62-23-11-6-12-24-62)55-79(87)80-56-66(38-44-88(80)97)72-53-69(63-25-13-7-14-26-63)50-70(54-72)64-27-15-8-16-28-64/h5-56H,1-4H3. The molecule has 458 valence electrons. The van der Waals surface area contributed by atoms with Crippen molar-refractivity contribution < 1.29 is 0 Å². The van der Waals surface area contributed by atoms with Gasteiger partial charge >= 0.3 is 0 Å². The lowest BCUT2D eigenvalue weighted by molar-refractivity contribution is 0.950. The lowest BCUT2D eigenvalue weighted by Crippen LogP contribution is -2.09. The van der Waals surface area contributed by atoms with E-state index in [2.05, 4.69) is 357 Å². The van der Waals surface area contributed by atoms with Crippen molar-refractivity contribution in [3.8, 4) is 107 Å². The number of fused-ring (bicyclic) bond motifs is 9. The number of aromatic nitrogens is 6. The summed E-state index contributed by atoms with van der Waals surface area (Å²) < 4.78 is 7.07. The molecule has 14 aromatic carbocycles. The van der Waals surface area contributed by atoms with Crippen LogP contribution in [0, 0.1) is 27.7 Å². The molecule has 0 saturated carbocycles. The highest BCUT2D eigenvalue weighted by Gasteiger charge is 2.25. The molecule has 0 aliphatic heterocycles. The lowest BCUT2D eigenvalue weighted by atomic mass is 9.92. The Morgan fingerprint density at radius 1 is 0.196 bits per heavy atom. The summed E-state index contributed by atoms with van der Waals surface area (Å²) in [5.74, 6) is 1.60. The molecule has 0 unspecified atom stereocenters. The van der Waals surface area contributed by atoms with E-state index in [1.54, 1.807) is 0 Å². The van der Waals surface area contributed by atoms with E-state index in [9.17, 15) is 0 Å². The first-order valence-corrected chi connectivity index (χ1v) is 33.3. The van der Waals surface area contributed by atoms with Gasteiger partial charge in [-0.3, -0.25) is 4.57 Å². The molecule has 97 heavy (non-hydrogen) atoms. The highest BCUT2D eigenvalue weighted by atomic mass is 15.2. The van der Waals surface area contributed by atoms with E-state index in [4.69, 9.17) is 15.0 Å². The molecule has 18 aromatic rings. The Hall–Kier alpha value is -12.5. The first kappa shape index (κ1) is 57.2. The van der Waals surface area contributed by atoms with Gasteiger partial charge in [-0.05, 0) is 228 Å². The first-order valence-electron chi connectivity index (χ1n) is 33.3. The molecule has 0 radical (unpaired) electrons. The Kier molecular flexibility index (Phi) is 13.7. The Morgan fingerprint density at radius 2 is 0.454 bits per heavy atom. The van der Waals surface area contributed by atoms with E-state index >= 15 is 0 Å². The van der Waals surface area contributed by atoms with Crippen LogP contribution in [0.2, 0.25) is 0 Å². The normalized spacial score (nSPS) is 11.7. The van der Waals surface area contributed by atoms with Crippen LogP contribution in [0.25, 0.3) is 172 Å². The molecule has 0 spiro atoms. The van der Waals surface area contributed by atoms with Crippen LogP contribution in [0.5, 0.6) is 0 Å². The highest BCUT2D eigenvalue weighted by molar-refractivity contribution is 6.13. The molecule has 0 amide bonds. The van der Waals surface area contributed by atoms with Crippen molar-refractivity contribution in [3.05, 3.63) is 338 Å². The van der Waals surface area contributed by atoms with Crippen LogP contribution in [0.4, 0.5) is 0 Å². The highest BCUT2D eigenvalue weighted by Crippen LogP contribution is 2.44. The van der Waals surface area contributed by atoms with E-state index in [-0.39, 0.29) is 0 Å². The van der Waals surface area contributed by atoms with Gasteiger partial charge in [-0.1, -0.05) is 204 Å². The summed E-state index contributed by atoms with van der Waals surface area (Å²) in [7, 11) is 0. The van der Waals surface area contributed by atoms with Gasteiger partial charge in [0.15, 0.2) is 11.6 Å². The Bertz CT molecular complexity index is 5550. The molecule has 6 heteroatoms. The van der Waals surface area contributed by atoms with Gasteiger partial charge in [0.05, 0.1) is 44.5 Å². The van der Waals surface area contributed by atoms with Crippen LogP contribution in [0.1, 0.15) is 22.3 Å². The average Bonchev–Trinajstić information content (AvgIpc) is 1.60. The summed E-state index contributed by atoms with van der Waals surface area (Å²) in [5, 5.41) is 6.94. The number of aryl methyl sites for hydroxylation is 4. The van der Waals surface area contributed by atoms with Crippen molar-refractivity contribution >= 4 is 65.4 Å². The van der Waals surface area contributed by atoms with E-state index in [0.29, 0.717) is 17.6 Å². The molecular formula is C91H64N6. The SMILES string of the molecule is Cc1ccc2c(c1)c1cc(C)ccc1n2-c1ccccc1-c1nc(-c2ccccc2-n2c3ccc(C)cc3c3cc(C)ccc32)nc(-n2c3ccc(-c4cc(-c5ccccc5)cc(-c5ccccc5)c4)cc3c3cc(-c4cc(-c5ccccc5)cc(-c5ccccc5)c4)ccc32)n1. The molecule has 0 aliphatic carbocycles. The average molecular weight is 1240 g/mol. The number of hydrogen-bond donors (Lipinski definition) is 0. The Labute approximate surface area is 563 Å². The maximum absolute atomic E-state index is 5.80. The van der Waals surface area contributed by atoms with Crippen LogP contribution >= 0.6 is 0 Å². The summed E-state index contributed by atoms with van der Waals surface area (Å²) in [5.41, 5.74) is 28.6. The predicted octanol–water partition coefficient (Wildman–Crippen LogP) is 23.7. The van der Waals surface area contributed by atoms with Gasteiger partial charge in [-0.2, -0.15) is 9.97 Å². The third-order valence-corrected chi connectivity index (χ3v) is 19.5. The van der Waals surface area contributed by atoms with Crippen LogP contribution in [0.15, 0.2) is 315 Å². The smallest absolute Gasteiger partial charge is 0.238 e. The van der Waals surface area contributed by atoms with Gasteiger partial charge in [0.25, 0.3) is 0 Å². The van der Waals surface area contributed by atoms with E-state index in [1.165, 1.54) is 43.8 Å². The first-order chi connectivity index (χ1) is 47.7. The summed E-state index contributed by atoms with van der Waals surface area (Å²) >= 11 is 0. The zero-order valence-electron chi connectivity index (χ0n) is 54.2. The van der Waals surface area contributed by atoms with Crippen molar-refractivity contribution in [3.63, 3.8) is 0 Å². The van der Waals surface area contributed by atoms with Crippen molar-refractivity contribution in [2.24, 2.45) is 0 Å². The lowest BCUT2D eigenvalue weighted by Gasteiger charge is -2.17. The summed E-state index contributed by atoms with van der Waals surface area (Å²) in [6.45, 7) is 8.69. The minimum atomic E-state index is 0.502. The van der Waals surface area contributed by atoms with Gasteiger partial charge in [-0.15, -0.1) is 0 Å². The maximum Gasteiger partial charge on any atom is 0.238 e. The molecular weight excluding hydrogens is 1180 g/mol. The molecule has 18 rings (SSSR count). The Balaban J connectivity index is 0.921. The Morgan fingerprint density at radius 3 is 0.773 bits per heavy atom. The molecule has 6 nitrogen and oxygen atoms in total. The molecule has 0 aliphatic rings. The molecule has 0 atom stereocenters. The monoisotopic (exact) mass is 1240 g/mol. The third-order valence-electron chi connectivity index (χ3n) is 19.5.